The standard InChI is InChI=1S/C16H21NO/c1-12(18-3)11-17-13(2)15-10-6-8-14-7-4-5-9-16(14)15/h4-10,12-13,17H,11H2,1-3H3. The second kappa shape index (κ2) is 5.98. The number of hydrogen-bond acceptors (Lipinski definition) is 2. The first-order chi connectivity index (χ1) is 8.72. The molecule has 2 aromatic carbocycles. The highest BCUT2D eigenvalue weighted by Crippen LogP contribution is 2.23. The molecule has 0 aliphatic rings. The number of methoxy groups -OCH3 is 1. The summed E-state index contributed by atoms with van der Waals surface area (Å²) in [6, 6.07) is 15.3. The van der Waals surface area contributed by atoms with E-state index in [1.807, 2.05) is 0 Å². The highest BCUT2D eigenvalue weighted by Gasteiger charge is 2.09. The van der Waals surface area contributed by atoms with Crippen LogP contribution in [0.25, 0.3) is 10.8 Å². The minimum absolute atomic E-state index is 0.238. The Kier molecular flexibility index (Phi) is 4.34. The summed E-state index contributed by atoms with van der Waals surface area (Å²) in [5, 5.41) is 6.14. The van der Waals surface area contributed by atoms with Gasteiger partial charge in [0.25, 0.3) is 0 Å². The predicted octanol–water partition coefficient (Wildman–Crippen LogP) is 3.53. The monoisotopic (exact) mass is 243 g/mol. The predicted molar refractivity (Wildman–Crippen MR) is 76.8 cm³/mol. The topological polar surface area (TPSA) is 21.3 Å². The van der Waals surface area contributed by atoms with Crippen LogP contribution in [0, 0.1) is 0 Å². The van der Waals surface area contributed by atoms with Gasteiger partial charge in [0.05, 0.1) is 6.10 Å². The summed E-state index contributed by atoms with van der Waals surface area (Å²) in [6.45, 7) is 5.13. The number of hydrogen-bond donors (Lipinski definition) is 1. The molecule has 2 aromatic rings. The summed E-state index contributed by atoms with van der Waals surface area (Å²) in [7, 11) is 1.74. The molecule has 2 heteroatoms. The van der Waals surface area contributed by atoms with Crippen molar-refractivity contribution in [3.8, 4) is 0 Å². The Balaban J connectivity index is 2.19. The fraction of sp³-hybridized carbons (Fsp3) is 0.375. The fourth-order valence-corrected chi connectivity index (χ4v) is 2.16. The summed E-state index contributed by atoms with van der Waals surface area (Å²) >= 11 is 0. The normalized spacial score (nSPS) is 14.6. The van der Waals surface area contributed by atoms with E-state index in [1.54, 1.807) is 7.11 Å². The van der Waals surface area contributed by atoms with Gasteiger partial charge in [-0.2, -0.15) is 0 Å². The van der Waals surface area contributed by atoms with Gasteiger partial charge in [-0.3, -0.25) is 0 Å². The van der Waals surface area contributed by atoms with Gasteiger partial charge in [0.2, 0.25) is 0 Å². The molecule has 0 aliphatic heterocycles. The molecule has 0 aliphatic carbocycles. The Bertz CT molecular complexity index is 504. The Hall–Kier alpha value is -1.38. The van der Waals surface area contributed by atoms with Crippen LogP contribution in [-0.2, 0) is 4.74 Å². The van der Waals surface area contributed by atoms with Crippen molar-refractivity contribution in [1.29, 1.82) is 0 Å². The van der Waals surface area contributed by atoms with Gasteiger partial charge in [-0.1, -0.05) is 42.5 Å². The lowest BCUT2D eigenvalue weighted by Gasteiger charge is -2.19. The van der Waals surface area contributed by atoms with Crippen LogP contribution >= 0.6 is 0 Å². The first-order valence-electron chi connectivity index (χ1n) is 6.46. The highest BCUT2D eigenvalue weighted by atomic mass is 16.5. The second-order valence-corrected chi connectivity index (χ2v) is 4.74. The zero-order valence-electron chi connectivity index (χ0n) is 11.3. The number of nitrogens with one attached hydrogen (secondary N) is 1. The molecule has 0 heterocycles. The van der Waals surface area contributed by atoms with Crippen LogP contribution < -0.4 is 5.32 Å². The molecule has 0 fully saturated rings. The molecule has 96 valence electrons. The van der Waals surface area contributed by atoms with Crippen molar-refractivity contribution in [3.63, 3.8) is 0 Å². The number of fused-ring (bicyclic) bond motifs is 1. The quantitative estimate of drug-likeness (QED) is 0.867. The van der Waals surface area contributed by atoms with Gasteiger partial charge in [0.1, 0.15) is 0 Å². The molecule has 2 atom stereocenters. The maximum atomic E-state index is 5.26. The Morgan fingerprint density at radius 3 is 2.56 bits per heavy atom. The molecule has 0 radical (unpaired) electrons. The number of ether oxygens (including phenoxy) is 1. The van der Waals surface area contributed by atoms with Gasteiger partial charge < -0.3 is 10.1 Å². The molecule has 18 heavy (non-hydrogen) atoms. The average molecular weight is 243 g/mol. The first-order valence-corrected chi connectivity index (χ1v) is 6.46. The summed E-state index contributed by atoms with van der Waals surface area (Å²) in [4.78, 5) is 0. The van der Waals surface area contributed by atoms with Gasteiger partial charge in [0.15, 0.2) is 0 Å². The zero-order valence-corrected chi connectivity index (χ0v) is 11.3. The third kappa shape index (κ3) is 2.89. The van der Waals surface area contributed by atoms with Crippen molar-refractivity contribution in [2.24, 2.45) is 0 Å². The van der Waals surface area contributed by atoms with E-state index < -0.39 is 0 Å². The van der Waals surface area contributed by atoms with Crippen molar-refractivity contribution in [3.05, 3.63) is 48.0 Å². The van der Waals surface area contributed by atoms with E-state index >= 15 is 0 Å². The minimum Gasteiger partial charge on any atom is -0.380 e. The fourth-order valence-electron chi connectivity index (χ4n) is 2.16. The van der Waals surface area contributed by atoms with Gasteiger partial charge in [0, 0.05) is 19.7 Å². The van der Waals surface area contributed by atoms with E-state index in [9.17, 15) is 0 Å². The summed E-state index contributed by atoms with van der Waals surface area (Å²) in [6.07, 6.45) is 0.238. The lowest BCUT2D eigenvalue weighted by atomic mass is 9.99. The van der Waals surface area contributed by atoms with Crippen LogP contribution in [-0.4, -0.2) is 19.8 Å². The van der Waals surface area contributed by atoms with Gasteiger partial charge in [-0.25, -0.2) is 0 Å². The molecule has 0 amide bonds. The Morgan fingerprint density at radius 1 is 1.06 bits per heavy atom. The molecule has 1 N–H and O–H groups in total. The van der Waals surface area contributed by atoms with E-state index in [0.717, 1.165) is 6.54 Å². The number of rotatable bonds is 5. The van der Waals surface area contributed by atoms with Gasteiger partial charge in [-0.15, -0.1) is 0 Å². The SMILES string of the molecule is COC(C)CNC(C)c1cccc2ccccc12. The van der Waals surface area contributed by atoms with Crippen LogP contribution in [0.5, 0.6) is 0 Å². The zero-order chi connectivity index (χ0) is 13.0. The van der Waals surface area contributed by atoms with Crippen molar-refractivity contribution >= 4 is 10.8 Å². The van der Waals surface area contributed by atoms with Crippen LogP contribution in [0.4, 0.5) is 0 Å². The van der Waals surface area contributed by atoms with Crippen molar-refractivity contribution in [2.45, 2.75) is 26.0 Å². The molecule has 2 nitrogen and oxygen atoms in total. The van der Waals surface area contributed by atoms with Crippen molar-refractivity contribution in [2.75, 3.05) is 13.7 Å². The second-order valence-electron chi connectivity index (χ2n) is 4.74. The summed E-state index contributed by atoms with van der Waals surface area (Å²) in [5.41, 5.74) is 1.34. The summed E-state index contributed by atoms with van der Waals surface area (Å²) in [5.74, 6) is 0. The molecule has 0 spiro atoms. The molecule has 0 aromatic heterocycles. The van der Waals surface area contributed by atoms with Crippen molar-refractivity contribution < 1.29 is 4.74 Å². The highest BCUT2D eigenvalue weighted by molar-refractivity contribution is 5.86. The van der Waals surface area contributed by atoms with E-state index in [0.29, 0.717) is 6.04 Å². The van der Waals surface area contributed by atoms with Crippen LogP contribution in [0.2, 0.25) is 0 Å². The third-order valence-electron chi connectivity index (χ3n) is 3.40. The largest absolute Gasteiger partial charge is 0.380 e. The van der Waals surface area contributed by atoms with Crippen LogP contribution in [0.1, 0.15) is 25.5 Å². The number of benzene rings is 2. The molecule has 2 rings (SSSR count). The van der Waals surface area contributed by atoms with E-state index in [1.165, 1.54) is 16.3 Å². The molecule has 2 unspecified atom stereocenters. The molecular weight excluding hydrogens is 222 g/mol. The van der Waals surface area contributed by atoms with Crippen LogP contribution in [0.3, 0.4) is 0 Å². The minimum atomic E-state index is 0.238. The maximum Gasteiger partial charge on any atom is 0.0667 e. The molecule has 0 saturated heterocycles. The first kappa shape index (κ1) is 13.1. The van der Waals surface area contributed by atoms with E-state index in [2.05, 4.69) is 61.6 Å². The van der Waals surface area contributed by atoms with E-state index in [4.69, 9.17) is 4.74 Å². The third-order valence-corrected chi connectivity index (χ3v) is 3.40. The van der Waals surface area contributed by atoms with Gasteiger partial charge in [-0.05, 0) is 30.2 Å². The average Bonchev–Trinajstić information content (AvgIpc) is 2.43. The van der Waals surface area contributed by atoms with E-state index in [-0.39, 0.29) is 6.10 Å². The lowest BCUT2D eigenvalue weighted by Crippen LogP contribution is -2.28. The Morgan fingerprint density at radius 2 is 1.78 bits per heavy atom. The maximum absolute atomic E-state index is 5.26. The molecule has 0 bridgehead atoms. The van der Waals surface area contributed by atoms with Crippen molar-refractivity contribution in [1.82, 2.24) is 5.32 Å². The molecular formula is C16H21NO. The van der Waals surface area contributed by atoms with Gasteiger partial charge >= 0.3 is 0 Å². The lowest BCUT2D eigenvalue weighted by molar-refractivity contribution is 0.115. The van der Waals surface area contributed by atoms with Crippen LogP contribution in [0.15, 0.2) is 42.5 Å². The summed E-state index contributed by atoms with van der Waals surface area (Å²) < 4.78 is 5.26. The Labute approximate surface area is 109 Å². The molecule has 0 saturated carbocycles. The smallest absolute Gasteiger partial charge is 0.0667 e.